The predicted molar refractivity (Wildman–Crippen MR) is 87.3 cm³/mol. The van der Waals surface area contributed by atoms with Crippen molar-refractivity contribution in [1.29, 1.82) is 0 Å². The second kappa shape index (κ2) is 6.13. The van der Waals surface area contributed by atoms with E-state index in [0.717, 1.165) is 16.5 Å². The topological polar surface area (TPSA) is 118 Å². The van der Waals surface area contributed by atoms with Gasteiger partial charge in [0.05, 0.1) is 5.52 Å². The van der Waals surface area contributed by atoms with Gasteiger partial charge in [-0.15, -0.1) is 0 Å². The lowest BCUT2D eigenvalue weighted by Crippen LogP contribution is -2.32. The molecule has 0 bridgehead atoms. The van der Waals surface area contributed by atoms with Gasteiger partial charge in [0.25, 0.3) is 0 Å². The zero-order valence-electron chi connectivity index (χ0n) is 12.6. The van der Waals surface area contributed by atoms with Crippen LogP contribution in [0, 0.1) is 0 Å². The normalized spacial score (nSPS) is 12.2. The van der Waals surface area contributed by atoms with Crippen LogP contribution in [0.2, 0.25) is 0 Å². The van der Waals surface area contributed by atoms with Crippen LogP contribution >= 0.6 is 0 Å². The molecule has 1 aromatic carbocycles. The SMILES string of the molecule is NC(Cc1cn(-c2ncccc2C(=O)O)c2ccccc12)C(=O)O. The number of carbonyl (C=O) groups is 2. The minimum absolute atomic E-state index is 0.0623. The molecule has 0 spiro atoms. The lowest BCUT2D eigenvalue weighted by molar-refractivity contribution is -0.138. The van der Waals surface area contributed by atoms with Crippen LogP contribution in [0.1, 0.15) is 15.9 Å². The highest BCUT2D eigenvalue weighted by Crippen LogP contribution is 2.26. The number of aromatic carboxylic acids is 1. The standard InChI is InChI=1S/C17H15N3O4/c18-13(17(23)24)8-10-9-20(14-6-2-1-4-11(10)14)15-12(16(21)22)5-3-7-19-15/h1-7,9,13H,8,18H2,(H,21,22)(H,23,24). The number of aromatic nitrogens is 2. The molecule has 0 radical (unpaired) electrons. The van der Waals surface area contributed by atoms with Crippen molar-refractivity contribution in [3.05, 3.63) is 59.9 Å². The molecule has 0 saturated heterocycles. The maximum Gasteiger partial charge on any atom is 0.339 e. The van der Waals surface area contributed by atoms with Crippen LogP contribution < -0.4 is 5.73 Å². The fourth-order valence-corrected chi connectivity index (χ4v) is 2.67. The summed E-state index contributed by atoms with van der Waals surface area (Å²) in [7, 11) is 0. The second-order valence-corrected chi connectivity index (χ2v) is 5.37. The van der Waals surface area contributed by atoms with Gasteiger partial charge in [-0.3, -0.25) is 4.79 Å². The van der Waals surface area contributed by atoms with Crippen LogP contribution in [-0.2, 0) is 11.2 Å². The molecule has 0 amide bonds. The molecule has 2 heterocycles. The maximum atomic E-state index is 11.5. The second-order valence-electron chi connectivity index (χ2n) is 5.37. The van der Waals surface area contributed by atoms with E-state index in [-0.39, 0.29) is 17.8 Å². The summed E-state index contributed by atoms with van der Waals surface area (Å²) >= 11 is 0. The largest absolute Gasteiger partial charge is 0.480 e. The number of carboxylic acid groups (broad SMARTS) is 2. The highest BCUT2D eigenvalue weighted by atomic mass is 16.4. The number of fused-ring (bicyclic) bond motifs is 1. The highest BCUT2D eigenvalue weighted by Gasteiger charge is 2.19. The van der Waals surface area contributed by atoms with Crippen LogP contribution in [0.25, 0.3) is 16.7 Å². The Morgan fingerprint density at radius 3 is 2.62 bits per heavy atom. The average Bonchev–Trinajstić information content (AvgIpc) is 2.93. The van der Waals surface area contributed by atoms with Crippen LogP contribution in [0.4, 0.5) is 0 Å². The average molecular weight is 325 g/mol. The van der Waals surface area contributed by atoms with Crippen molar-refractivity contribution in [2.45, 2.75) is 12.5 Å². The van der Waals surface area contributed by atoms with E-state index in [1.54, 1.807) is 16.8 Å². The van der Waals surface area contributed by atoms with Crippen molar-refractivity contribution in [1.82, 2.24) is 9.55 Å². The fourth-order valence-electron chi connectivity index (χ4n) is 2.67. The Morgan fingerprint density at radius 2 is 1.92 bits per heavy atom. The summed E-state index contributed by atoms with van der Waals surface area (Å²) in [5.74, 6) is -1.90. The lowest BCUT2D eigenvalue weighted by atomic mass is 10.1. The van der Waals surface area contributed by atoms with Gasteiger partial charge in [-0.05, 0) is 23.8 Å². The summed E-state index contributed by atoms with van der Waals surface area (Å²) in [6.45, 7) is 0. The molecule has 0 aliphatic carbocycles. The van der Waals surface area contributed by atoms with E-state index < -0.39 is 18.0 Å². The van der Waals surface area contributed by atoms with E-state index in [4.69, 9.17) is 10.8 Å². The minimum Gasteiger partial charge on any atom is -0.480 e. The molecule has 0 saturated carbocycles. The molecule has 3 aromatic rings. The number of pyridine rings is 1. The first-order valence-electron chi connectivity index (χ1n) is 7.25. The quantitative estimate of drug-likeness (QED) is 0.657. The van der Waals surface area contributed by atoms with Gasteiger partial charge in [-0.1, -0.05) is 18.2 Å². The lowest BCUT2D eigenvalue weighted by Gasteiger charge is -2.07. The molecular formula is C17H15N3O4. The first-order valence-corrected chi connectivity index (χ1v) is 7.25. The molecule has 3 rings (SSSR count). The molecule has 0 fully saturated rings. The maximum absolute atomic E-state index is 11.5. The van der Waals surface area contributed by atoms with Crippen molar-refractivity contribution in [2.24, 2.45) is 5.73 Å². The zero-order chi connectivity index (χ0) is 17.3. The number of para-hydroxylation sites is 1. The van der Waals surface area contributed by atoms with Gasteiger partial charge in [-0.25, -0.2) is 9.78 Å². The van der Waals surface area contributed by atoms with Crippen molar-refractivity contribution in [3.8, 4) is 5.82 Å². The number of rotatable bonds is 5. The van der Waals surface area contributed by atoms with Gasteiger partial charge in [0.2, 0.25) is 0 Å². The van der Waals surface area contributed by atoms with Crippen LogP contribution in [0.15, 0.2) is 48.8 Å². The first kappa shape index (κ1) is 15.7. The van der Waals surface area contributed by atoms with Crippen molar-refractivity contribution in [3.63, 3.8) is 0 Å². The summed E-state index contributed by atoms with van der Waals surface area (Å²) in [5, 5.41) is 19.2. The summed E-state index contributed by atoms with van der Waals surface area (Å²) in [5.41, 5.74) is 7.18. The number of benzene rings is 1. The predicted octanol–water partition coefficient (Wildman–Crippen LogP) is 1.68. The molecule has 0 aliphatic heterocycles. The molecule has 7 nitrogen and oxygen atoms in total. The van der Waals surface area contributed by atoms with E-state index in [0.29, 0.717) is 0 Å². The van der Waals surface area contributed by atoms with E-state index in [1.807, 2.05) is 24.3 Å². The highest BCUT2D eigenvalue weighted by molar-refractivity contribution is 5.93. The number of hydrogen-bond acceptors (Lipinski definition) is 4. The summed E-state index contributed by atoms with van der Waals surface area (Å²) in [6, 6.07) is 9.32. The number of aliphatic carboxylic acids is 1. The first-order chi connectivity index (χ1) is 11.5. The monoisotopic (exact) mass is 325 g/mol. The van der Waals surface area contributed by atoms with Crippen molar-refractivity contribution in [2.75, 3.05) is 0 Å². The Balaban J connectivity index is 2.20. The zero-order valence-corrected chi connectivity index (χ0v) is 12.6. The van der Waals surface area contributed by atoms with Gasteiger partial charge in [0.1, 0.15) is 11.6 Å². The smallest absolute Gasteiger partial charge is 0.339 e. The molecular weight excluding hydrogens is 310 g/mol. The third kappa shape index (κ3) is 2.72. The van der Waals surface area contributed by atoms with Crippen LogP contribution in [0.5, 0.6) is 0 Å². The van der Waals surface area contributed by atoms with Gasteiger partial charge < -0.3 is 20.5 Å². The molecule has 0 aliphatic rings. The van der Waals surface area contributed by atoms with Crippen molar-refractivity contribution < 1.29 is 19.8 Å². The Hall–Kier alpha value is -3.19. The number of hydrogen-bond donors (Lipinski definition) is 3. The van der Waals surface area contributed by atoms with E-state index in [1.165, 1.54) is 12.3 Å². The molecule has 1 atom stereocenters. The summed E-state index contributed by atoms with van der Waals surface area (Å²) in [6.07, 6.45) is 3.35. The Bertz CT molecular complexity index is 932. The molecule has 2 aromatic heterocycles. The van der Waals surface area contributed by atoms with Crippen LogP contribution in [-0.4, -0.2) is 37.7 Å². The van der Waals surface area contributed by atoms with E-state index in [2.05, 4.69) is 4.98 Å². The van der Waals surface area contributed by atoms with Crippen molar-refractivity contribution >= 4 is 22.8 Å². The fraction of sp³-hybridized carbons (Fsp3) is 0.118. The molecule has 122 valence electrons. The number of nitrogens with two attached hydrogens (primary N) is 1. The number of carboxylic acids is 2. The third-order valence-electron chi connectivity index (χ3n) is 3.80. The van der Waals surface area contributed by atoms with Gasteiger partial charge in [-0.2, -0.15) is 0 Å². The minimum atomic E-state index is -1.09. The van der Waals surface area contributed by atoms with Gasteiger partial charge >= 0.3 is 11.9 Å². The van der Waals surface area contributed by atoms with E-state index in [9.17, 15) is 14.7 Å². The van der Waals surface area contributed by atoms with Gasteiger partial charge in [0.15, 0.2) is 5.82 Å². The molecule has 4 N–H and O–H groups in total. The Labute approximate surface area is 137 Å². The van der Waals surface area contributed by atoms with Crippen LogP contribution in [0.3, 0.4) is 0 Å². The summed E-state index contributed by atoms with van der Waals surface area (Å²) in [4.78, 5) is 26.7. The number of nitrogens with zero attached hydrogens (tertiary/aromatic N) is 2. The third-order valence-corrected chi connectivity index (χ3v) is 3.80. The molecule has 24 heavy (non-hydrogen) atoms. The van der Waals surface area contributed by atoms with E-state index >= 15 is 0 Å². The molecule has 1 unspecified atom stereocenters. The Kier molecular flexibility index (Phi) is 4.01. The summed E-state index contributed by atoms with van der Waals surface area (Å²) < 4.78 is 1.66. The Morgan fingerprint density at radius 1 is 1.17 bits per heavy atom. The van der Waals surface area contributed by atoms with Gasteiger partial charge in [0, 0.05) is 24.2 Å². The molecule has 7 heteroatoms.